The Morgan fingerprint density at radius 2 is 2.37 bits per heavy atom. The second-order valence-electron chi connectivity index (χ2n) is 4.74. The zero-order valence-corrected chi connectivity index (χ0v) is 11.4. The number of aromatic nitrogens is 3. The maximum Gasteiger partial charge on any atom is 0.166 e. The van der Waals surface area contributed by atoms with E-state index in [-0.39, 0.29) is 6.04 Å². The van der Waals surface area contributed by atoms with Crippen LogP contribution in [0.3, 0.4) is 0 Å². The minimum Gasteiger partial charge on any atom is -0.493 e. The molecule has 6 heteroatoms. The number of rotatable bonds is 3. The summed E-state index contributed by atoms with van der Waals surface area (Å²) in [5.41, 5.74) is 7.94. The summed E-state index contributed by atoms with van der Waals surface area (Å²) in [6.07, 6.45) is 2.59. The quantitative estimate of drug-likeness (QED) is 0.932. The van der Waals surface area contributed by atoms with Gasteiger partial charge in [-0.25, -0.2) is 9.67 Å². The Morgan fingerprint density at radius 1 is 1.53 bits per heavy atom. The van der Waals surface area contributed by atoms with Crippen LogP contribution >= 0.6 is 11.6 Å². The van der Waals surface area contributed by atoms with Crippen molar-refractivity contribution in [3.8, 4) is 5.75 Å². The first-order chi connectivity index (χ1) is 9.13. The van der Waals surface area contributed by atoms with E-state index >= 15 is 0 Å². The van der Waals surface area contributed by atoms with Gasteiger partial charge in [0.1, 0.15) is 12.1 Å². The van der Waals surface area contributed by atoms with E-state index in [1.807, 2.05) is 19.1 Å². The molecule has 0 amide bonds. The van der Waals surface area contributed by atoms with Crippen molar-refractivity contribution in [3.63, 3.8) is 0 Å². The summed E-state index contributed by atoms with van der Waals surface area (Å²) in [6, 6.07) is 3.71. The molecule has 3 rings (SSSR count). The van der Waals surface area contributed by atoms with Crippen molar-refractivity contribution in [2.24, 2.45) is 5.73 Å². The Kier molecular flexibility index (Phi) is 3.16. The molecule has 2 aromatic rings. The maximum absolute atomic E-state index is 6.13. The molecule has 0 spiro atoms. The predicted molar refractivity (Wildman–Crippen MR) is 72.4 cm³/mol. The molecule has 2 heterocycles. The second kappa shape index (κ2) is 4.83. The van der Waals surface area contributed by atoms with Crippen LogP contribution in [0.15, 0.2) is 18.5 Å². The van der Waals surface area contributed by atoms with Crippen LogP contribution < -0.4 is 10.5 Å². The lowest BCUT2D eigenvalue weighted by atomic mass is 10.1. The number of ether oxygens (including phenoxy) is 1. The molecule has 1 aromatic carbocycles. The van der Waals surface area contributed by atoms with Crippen LogP contribution in [0.1, 0.15) is 29.9 Å². The number of fused-ring (bicyclic) bond motifs is 1. The van der Waals surface area contributed by atoms with Gasteiger partial charge in [-0.15, -0.1) is 0 Å². The Hall–Kier alpha value is -1.59. The number of benzene rings is 1. The molecule has 0 fully saturated rings. The van der Waals surface area contributed by atoms with E-state index < -0.39 is 0 Å². The lowest BCUT2D eigenvalue weighted by molar-refractivity contribution is 0.352. The minimum absolute atomic E-state index is 0.164. The van der Waals surface area contributed by atoms with E-state index in [0.29, 0.717) is 19.0 Å². The van der Waals surface area contributed by atoms with Gasteiger partial charge in [-0.2, -0.15) is 5.10 Å². The fourth-order valence-electron chi connectivity index (χ4n) is 2.23. The van der Waals surface area contributed by atoms with Crippen molar-refractivity contribution in [1.82, 2.24) is 14.8 Å². The summed E-state index contributed by atoms with van der Waals surface area (Å²) in [7, 11) is 0. The molecule has 0 saturated heterocycles. The Morgan fingerprint density at radius 3 is 3.11 bits per heavy atom. The van der Waals surface area contributed by atoms with Gasteiger partial charge in [0, 0.05) is 17.0 Å². The van der Waals surface area contributed by atoms with Crippen molar-refractivity contribution in [3.05, 3.63) is 40.4 Å². The Balaban J connectivity index is 1.90. The predicted octanol–water partition coefficient (Wildman–Crippen LogP) is 1.93. The standard InChI is InChI=1S/C13H15ClN4O/c1-8(15)13-16-7-18(17-13)6-10-5-11(14)4-9-2-3-19-12(9)10/h4-5,7-8H,2-3,6,15H2,1H3. The zero-order valence-electron chi connectivity index (χ0n) is 10.6. The average Bonchev–Trinajstić information content (AvgIpc) is 2.96. The molecule has 1 unspecified atom stereocenters. The molecule has 0 saturated carbocycles. The lowest BCUT2D eigenvalue weighted by Crippen LogP contribution is -2.09. The van der Waals surface area contributed by atoms with Gasteiger partial charge in [-0.05, 0) is 24.6 Å². The smallest absolute Gasteiger partial charge is 0.166 e. The van der Waals surface area contributed by atoms with Crippen LogP contribution in [0.2, 0.25) is 5.02 Å². The Bertz CT molecular complexity index is 609. The summed E-state index contributed by atoms with van der Waals surface area (Å²) in [5.74, 6) is 1.57. The molecule has 1 aromatic heterocycles. The van der Waals surface area contributed by atoms with Crippen molar-refractivity contribution in [1.29, 1.82) is 0 Å². The third-order valence-electron chi connectivity index (χ3n) is 3.12. The van der Waals surface area contributed by atoms with Crippen LogP contribution in [0.4, 0.5) is 0 Å². The number of hydrogen-bond acceptors (Lipinski definition) is 4. The van der Waals surface area contributed by atoms with Crippen molar-refractivity contribution < 1.29 is 4.74 Å². The molecular formula is C13H15ClN4O. The maximum atomic E-state index is 6.13. The van der Waals surface area contributed by atoms with Gasteiger partial charge in [0.25, 0.3) is 0 Å². The van der Waals surface area contributed by atoms with Gasteiger partial charge in [0.15, 0.2) is 5.82 Å². The first kappa shape index (κ1) is 12.4. The van der Waals surface area contributed by atoms with E-state index in [4.69, 9.17) is 22.1 Å². The molecular weight excluding hydrogens is 264 g/mol. The highest BCUT2D eigenvalue weighted by Gasteiger charge is 2.18. The number of halogens is 1. The van der Waals surface area contributed by atoms with Crippen LogP contribution in [-0.2, 0) is 13.0 Å². The topological polar surface area (TPSA) is 66.0 Å². The molecule has 5 nitrogen and oxygen atoms in total. The average molecular weight is 279 g/mol. The van der Waals surface area contributed by atoms with Crippen molar-refractivity contribution in [2.75, 3.05) is 6.61 Å². The molecule has 1 aliphatic rings. The summed E-state index contributed by atoms with van der Waals surface area (Å²) in [6.45, 7) is 3.16. The molecule has 19 heavy (non-hydrogen) atoms. The first-order valence-electron chi connectivity index (χ1n) is 6.22. The molecule has 0 radical (unpaired) electrons. The number of nitrogens with zero attached hydrogens (tertiary/aromatic N) is 3. The normalized spacial score (nSPS) is 15.1. The lowest BCUT2D eigenvalue weighted by Gasteiger charge is -2.08. The van der Waals surface area contributed by atoms with Crippen LogP contribution in [-0.4, -0.2) is 21.4 Å². The Labute approximate surface area is 116 Å². The van der Waals surface area contributed by atoms with E-state index in [0.717, 1.165) is 28.3 Å². The number of hydrogen-bond donors (Lipinski definition) is 1. The molecule has 1 aliphatic heterocycles. The van der Waals surface area contributed by atoms with E-state index in [9.17, 15) is 0 Å². The second-order valence-corrected chi connectivity index (χ2v) is 5.18. The zero-order chi connectivity index (χ0) is 13.4. The van der Waals surface area contributed by atoms with Crippen LogP contribution in [0.25, 0.3) is 0 Å². The summed E-state index contributed by atoms with van der Waals surface area (Å²) < 4.78 is 7.42. The monoisotopic (exact) mass is 278 g/mol. The van der Waals surface area contributed by atoms with Gasteiger partial charge in [-0.3, -0.25) is 0 Å². The molecule has 1 atom stereocenters. The van der Waals surface area contributed by atoms with E-state index in [1.54, 1.807) is 11.0 Å². The highest BCUT2D eigenvalue weighted by molar-refractivity contribution is 6.30. The number of nitrogens with two attached hydrogens (primary N) is 1. The fraction of sp³-hybridized carbons (Fsp3) is 0.385. The minimum atomic E-state index is -0.164. The summed E-state index contributed by atoms with van der Waals surface area (Å²) in [4.78, 5) is 4.18. The fourth-order valence-corrected chi connectivity index (χ4v) is 2.50. The third kappa shape index (κ3) is 2.43. The SMILES string of the molecule is CC(N)c1ncn(Cc2cc(Cl)cc3c2OCC3)n1. The van der Waals surface area contributed by atoms with Crippen molar-refractivity contribution in [2.45, 2.75) is 25.9 Å². The third-order valence-corrected chi connectivity index (χ3v) is 3.34. The van der Waals surface area contributed by atoms with Gasteiger partial charge in [0.05, 0.1) is 19.2 Å². The summed E-state index contributed by atoms with van der Waals surface area (Å²) in [5, 5.41) is 5.07. The van der Waals surface area contributed by atoms with E-state index in [2.05, 4.69) is 10.1 Å². The van der Waals surface area contributed by atoms with Gasteiger partial charge >= 0.3 is 0 Å². The molecule has 100 valence electrons. The largest absolute Gasteiger partial charge is 0.493 e. The van der Waals surface area contributed by atoms with Crippen LogP contribution in [0, 0.1) is 0 Å². The first-order valence-corrected chi connectivity index (χ1v) is 6.60. The van der Waals surface area contributed by atoms with E-state index in [1.165, 1.54) is 0 Å². The highest BCUT2D eigenvalue weighted by atomic mass is 35.5. The van der Waals surface area contributed by atoms with Crippen molar-refractivity contribution >= 4 is 11.6 Å². The molecule has 2 N–H and O–H groups in total. The van der Waals surface area contributed by atoms with Gasteiger partial charge in [-0.1, -0.05) is 11.6 Å². The molecule has 0 aliphatic carbocycles. The molecule has 0 bridgehead atoms. The van der Waals surface area contributed by atoms with Gasteiger partial charge < -0.3 is 10.5 Å². The van der Waals surface area contributed by atoms with Crippen LogP contribution in [0.5, 0.6) is 5.75 Å². The summed E-state index contributed by atoms with van der Waals surface area (Å²) >= 11 is 6.13. The van der Waals surface area contributed by atoms with Gasteiger partial charge in [0.2, 0.25) is 0 Å². The highest BCUT2D eigenvalue weighted by Crippen LogP contribution is 2.33.